The van der Waals surface area contributed by atoms with Gasteiger partial charge in [0.15, 0.2) is 0 Å². The summed E-state index contributed by atoms with van der Waals surface area (Å²) in [5, 5.41) is 17.7. The van der Waals surface area contributed by atoms with Crippen LogP contribution < -0.4 is 10.2 Å². The van der Waals surface area contributed by atoms with E-state index >= 15 is 0 Å². The van der Waals surface area contributed by atoms with E-state index in [1.807, 2.05) is 16.7 Å². The molecule has 1 fully saturated rings. The van der Waals surface area contributed by atoms with Crippen molar-refractivity contribution in [3.8, 4) is 0 Å². The van der Waals surface area contributed by atoms with Crippen molar-refractivity contribution in [2.24, 2.45) is 0 Å². The molecule has 2 heterocycles. The summed E-state index contributed by atoms with van der Waals surface area (Å²) in [6, 6.07) is 8.05. The van der Waals surface area contributed by atoms with E-state index in [0.717, 1.165) is 0 Å². The van der Waals surface area contributed by atoms with Crippen molar-refractivity contribution in [3.63, 3.8) is 0 Å². The van der Waals surface area contributed by atoms with Gasteiger partial charge in [-0.3, -0.25) is 25.1 Å². The van der Waals surface area contributed by atoms with E-state index in [2.05, 4.69) is 10.5 Å². The van der Waals surface area contributed by atoms with Crippen molar-refractivity contribution in [1.82, 2.24) is 10.1 Å². The number of hydrogen-bond acceptors (Lipinski definition) is 7. The van der Waals surface area contributed by atoms with Gasteiger partial charge in [0.2, 0.25) is 11.8 Å². The lowest BCUT2D eigenvalue weighted by Gasteiger charge is -2.38. The number of para-hydroxylation sites is 2. The fraction of sp³-hybridized carbons (Fsp3) is 0.412. The topological polar surface area (TPSA) is 105 Å². The molecule has 138 valence electrons. The third-order valence-corrected chi connectivity index (χ3v) is 4.53. The number of carbonyl (C=O) groups excluding carboxylic acids is 1. The normalized spacial score (nSPS) is 16.3. The lowest BCUT2D eigenvalue weighted by atomic mass is 10.2. The van der Waals surface area contributed by atoms with Crippen molar-refractivity contribution in [1.29, 1.82) is 0 Å². The van der Waals surface area contributed by atoms with Gasteiger partial charge in [-0.25, -0.2) is 0 Å². The number of hydrogen-bond donors (Lipinski definition) is 1. The number of anilines is 2. The Morgan fingerprint density at radius 2 is 2.00 bits per heavy atom. The number of aromatic nitrogens is 1. The number of nitro benzene ring substituents is 1. The maximum atomic E-state index is 12.4. The third-order valence-electron chi connectivity index (χ3n) is 4.53. The highest BCUT2D eigenvalue weighted by atomic mass is 16.6. The lowest BCUT2D eigenvalue weighted by molar-refractivity contribution is -0.384. The Hall–Kier alpha value is -2.94. The summed E-state index contributed by atoms with van der Waals surface area (Å²) < 4.78 is 5.01. The van der Waals surface area contributed by atoms with E-state index in [-0.39, 0.29) is 22.6 Å². The fourth-order valence-electron chi connectivity index (χ4n) is 3.05. The Bertz CT molecular complexity index is 798. The van der Waals surface area contributed by atoms with Gasteiger partial charge in [-0.05, 0) is 19.9 Å². The second-order valence-corrected chi connectivity index (χ2v) is 6.27. The second-order valence-electron chi connectivity index (χ2n) is 6.27. The summed E-state index contributed by atoms with van der Waals surface area (Å²) in [7, 11) is 0. The van der Waals surface area contributed by atoms with E-state index < -0.39 is 0 Å². The number of benzene rings is 1. The number of amides is 1. The van der Waals surface area contributed by atoms with Crippen LogP contribution in [-0.4, -0.2) is 53.1 Å². The maximum absolute atomic E-state index is 12.4. The van der Waals surface area contributed by atoms with Gasteiger partial charge in [-0.1, -0.05) is 17.3 Å². The summed E-state index contributed by atoms with van der Waals surface area (Å²) in [5.41, 5.74) is 1.42. The number of piperazine rings is 1. The monoisotopic (exact) mass is 359 g/mol. The van der Waals surface area contributed by atoms with E-state index in [0.29, 0.717) is 43.4 Å². The zero-order chi connectivity index (χ0) is 18.7. The standard InChI is InChI=1S/C17H21N5O4/c1-12-11-16(26-19-12)18-17(23)13(2)20-7-9-21(10-8-20)14-5-3-4-6-15(14)22(24)25/h3-6,11,13H,7-10H2,1-2H3,(H,18,23). The van der Waals surface area contributed by atoms with Gasteiger partial charge in [-0.15, -0.1) is 0 Å². The Labute approximate surface area is 150 Å². The molecular weight excluding hydrogens is 338 g/mol. The molecule has 0 bridgehead atoms. The molecule has 2 aromatic rings. The fourth-order valence-corrected chi connectivity index (χ4v) is 3.05. The van der Waals surface area contributed by atoms with Crippen LogP contribution in [0.2, 0.25) is 0 Å². The van der Waals surface area contributed by atoms with Gasteiger partial charge >= 0.3 is 0 Å². The first-order valence-corrected chi connectivity index (χ1v) is 8.42. The van der Waals surface area contributed by atoms with Gasteiger partial charge in [0.1, 0.15) is 5.69 Å². The molecule has 0 spiro atoms. The summed E-state index contributed by atoms with van der Waals surface area (Å²) in [4.78, 5) is 27.2. The predicted molar refractivity (Wildman–Crippen MR) is 96.2 cm³/mol. The molecule has 9 nitrogen and oxygen atoms in total. The second kappa shape index (κ2) is 7.52. The number of carbonyl (C=O) groups is 1. The summed E-state index contributed by atoms with van der Waals surface area (Å²) in [5.74, 6) is 0.165. The number of nitrogens with one attached hydrogen (secondary N) is 1. The lowest BCUT2D eigenvalue weighted by Crippen LogP contribution is -2.52. The predicted octanol–water partition coefficient (Wildman–Crippen LogP) is 2.04. The summed E-state index contributed by atoms with van der Waals surface area (Å²) in [6.07, 6.45) is 0. The molecule has 26 heavy (non-hydrogen) atoms. The first-order chi connectivity index (χ1) is 12.5. The zero-order valence-corrected chi connectivity index (χ0v) is 14.7. The van der Waals surface area contributed by atoms with Crippen LogP contribution in [0.3, 0.4) is 0 Å². The van der Waals surface area contributed by atoms with Crippen LogP contribution in [0.1, 0.15) is 12.6 Å². The molecular formula is C17H21N5O4. The molecule has 1 aromatic carbocycles. The number of nitro groups is 1. The van der Waals surface area contributed by atoms with Crippen LogP contribution in [0.4, 0.5) is 17.3 Å². The van der Waals surface area contributed by atoms with Crippen molar-refractivity contribution in [2.75, 3.05) is 36.4 Å². The molecule has 1 atom stereocenters. The SMILES string of the molecule is Cc1cc(NC(=O)C(C)N2CCN(c3ccccc3[N+](=O)[O-])CC2)on1. The van der Waals surface area contributed by atoms with Gasteiger partial charge in [0.05, 0.1) is 16.7 Å². The van der Waals surface area contributed by atoms with Gasteiger partial charge in [0, 0.05) is 38.3 Å². The Morgan fingerprint density at radius 3 is 2.62 bits per heavy atom. The van der Waals surface area contributed by atoms with Crippen LogP contribution in [0.15, 0.2) is 34.9 Å². The van der Waals surface area contributed by atoms with Gasteiger partial charge in [0.25, 0.3) is 5.69 Å². The van der Waals surface area contributed by atoms with Crippen LogP contribution in [-0.2, 0) is 4.79 Å². The van der Waals surface area contributed by atoms with Crippen molar-refractivity contribution in [2.45, 2.75) is 19.9 Å². The Morgan fingerprint density at radius 1 is 1.31 bits per heavy atom. The highest BCUT2D eigenvalue weighted by molar-refractivity contribution is 5.93. The van der Waals surface area contributed by atoms with E-state index in [1.165, 1.54) is 6.07 Å². The van der Waals surface area contributed by atoms with Crippen molar-refractivity contribution < 1.29 is 14.2 Å². The van der Waals surface area contributed by atoms with E-state index in [9.17, 15) is 14.9 Å². The molecule has 1 amide bonds. The van der Waals surface area contributed by atoms with Gasteiger partial charge < -0.3 is 9.42 Å². The van der Waals surface area contributed by atoms with E-state index in [1.54, 1.807) is 31.2 Å². The largest absolute Gasteiger partial charge is 0.363 e. The minimum Gasteiger partial charge on any atom is -0.363 e. The molecule has 1 unspecified atom stereocenters. The highest BCUT2D eigenvalue weighted by Crippen LogP contribution is 2.28. The van der Waals surface area contributed by atoms with Gasteiger partial charge in [-0.2, -0.15) is 0 Å². The molecule has 0 aliphatic carbocycles. The first kappa shape index (κ1) is 17.9. The summed E-state index contributed by atoms with van der Waals surface area (Å²) in [6.45, 7) is 6.11. The van der Waals surface area contributed by atoms with Crippen LogP contribution >= 0.6 is 0 Å². The first-order valence-electron chi connectivity index (χ1n) is 8.42. The molecule has 1 N–H and O–H groups in total. The average Bonchev–Trinajstić information content (AvgIpc) is 3.06. The molecule has 0 saturated carbocycles. The Kier molecular flexibility index (Phi) is 5.17. The minimum absolute atomic E-state index is 0.104. The molecule has 1 saturated heterocycles. The number of nitrogens with zero attached hydrogens (tertiary/aromatic N) is 4. The number of rotatable bonds is 5. The van der Waals surface area contributed by atoms with Crippen LogP contribution in [0.25, 0.3) is 0 Å². The molecule has 1 aromatic heterocycles. The highest BCUT2D eigenvalue weighted by Gasteiger charge is 2.28. The number of aryl methyl sites for hydroxylation is 1. The van der Waals surface area contributed by atoms with Crippen LogP contribution in [0, 0.1) is 17.0 Å². The van der Waals surface area contributed by atoms with Crippen LogP contribution in [0.5, 0.6) is 0 Å². The van der Waals surface area contributed by atoms with E-state index in [4.69, 9.17) is 4.52 Å². The Balaban J connectivity index is 1.59. The molecule has 1 aliphatic rings. The maximum Gasteiger partial charge on any atom is 0.292 e. The minimum atomic E-state index is -0.364. The van der Waals surface area contributed by atoms with Crippen molar-refractivity contribution in [3.05, 3.63) is 46.1 Å². The molecule has 1 aliphatic heterocycles. The third kappa shape index (κ3) is 3.83. The quantitative estimate of drug-likeness (QED) is 0.643. The zero-order valence-electron chi connectivity index (χ0n) is 14.7. The average molecular weight is 359 g/mol. The summed E-state index contributed by atoms with van der Waals surface area (Å²) >= 11 is 0. The van der Waals surface area contributed by atoms with Crippen molar-refractivity contribution >= 4 is 23.2 Å². The molecule has 9 heteroatoms. The smallest absolute Gasteiger partial charge is 0.292 e. The molecule has 3 rings (SSSR count). The molecule has 0 radical (unpaired) electrons.